The van der Waals surface area contributed by atoms with Crippen LogP contribution < -0.4 is 5.32 Å². The number of piperazine rings is 1. The van der Waals surface area contributed by atoms with Crippen molar-refractivity contribution in [3.8, 4) is 0 Å². The number of hydrogen-bond acceptors (Lipinski definition) is 3. The van der Waals surface area contributed by atoms with Gasteiger partial charge in [0.15, 0.2) is 0 Å². The molecule has 0 saturated carbocycles. The topological polar surface area (TPSA) is 28.2 Å². The van der Waals surface area contributed by atoms with Gasteiger partial charge in [-0.05, 0) is 37.3 Å². The van der Waals surface area contributed by atoms with Crippen LogP contribution in [0.2, 0.25) is 0 Å². The van der Waals surface area contributed by atoms with Crippen molar-refractivity contribution < 1.29 is 0 Å². The predicted octanol–water partition coefficient (Wildman–Crippen LogP) is 2.99. The van der Waals surface area contributed by atoms with Crippen LogP contribution in [0.4, 0.5) is 0 Å². The van der Waals surface area contributed by atoms with E-state index in [1.807, 2.05) is 12.4 Å². The Balaban J connectivity index is 2.15. The molecule has 1 aromatic rings. The van der Waals surface area contributed by atoms with Gasteiger partial charge in [-0.2, -0.15) is 0 Å². The lowest BCUT2D eigenvalue weighted by molar-refractivity contribution is 0.0316. The monoisotopic (exact) mass is 275 g/mol. The summed E-state index contributed by atoms with van der Waals surface area (Å²) in [5.41, 5.74) is 2.82. The van der Waals surface area contributed by atoms with Gasteiger partial charge in [-0.25, -0.2) is 0 Å². The van der Waals surface area contributed by atoms with Crippen molar-refractivity contribution >= 4 is 0 Å². The normalized spacial score (nSPS) is 28.0. The van der Waals surface area contributed by atoms with Crippen molar-refractivity contribution in [2.45, 2.75) is 59.2 Å². The summed E-state index contributed by atoms with van der Waals surface area (Å²) in [5, 5.41) is 3.73. The van der Waals surface area contributed by atoms with Crippen molar-refractivity contribution in [1.29, 1.82) is 0 Å². The van der Waals surface area contributed by atoms with Gasteiger partial charge in [0.1, 0.15) is 0 Å². The Morgan fingerprint density at radius 3 is 2.80 bits per heavy atom. The molecule has 112 valence electrons. The van der Waals surface area contributed by atoms with E-state index in [1.165, 1.54) is 17.5 Å². The summed E-state index contributed by atoms with van der Waals surface area (Å²) in [6.07, 6.45) is 5.11. The summed E-state index contributed by atoms with van der Waals surface area (Å²) in [6, 6.07) is 2.85. The van der Waals surface area contributed by atoms with Crippen LogP contribution in [-0.4, -0.2) is 34.6 Å². The van der Waals surface area contributed by atoms with E-state index in [4.69, 9.17) is 0 Å². The van der Waals surface area contributed by atoms with E-state index >= 15 is 0 Å². The molecule has 1 N–H and O–H groups in total. The van der Waals surface area contributed by atoms with Gasteiger partial charge in [0, 0.05) is 43.6 Å². The second-order valence-electron chi connectivity index (χ2n) is 6.83. The molecule has 2 atom stereocenters. The van der Waals surface area contributed by atoms with Gasteiger partial charge in [-0.3, -0.25) is 9.88 Å². The first kappa shape index (κ1) is 15.5. The van der Waals surface area contributed by atoms with Crippen molar-refractivity contribution in [2.24, 2.45) is 5.92 Å². The highest BCUT2D eigenvalue weighted by molar-refractivity contribution is 5.17. The number of pyridine rings is 1. The van der Waals surface area contributed by atoms with E-state index < -0.39 is 0 Å². The minimum atomic E-state index is 0.245. The second-order valence-corrected chi connectivity index (χ2v) is 6.83. The number of nitrogens with one attached hydrogen (secondary N) is 1. The molecule has 1 fully saturated rings. The summed E-state index contributed by atoms with van der Waals surface area (Å²) < 4.78 is 0. The van der Waals surface area contributed by atoms with Crippen LogP contribution >= 0.6 is 0 Å². The van der Waals surface area contributed by atoms with Gasteiger partial charge in [0.05, 0.1) is 0 Å². The van der Waals surface area contributed by atoms with Gasteiger partial charge < -0.3 is 5.32 Å². The maximum Gasteiger partial charge on any atom is 0.0313 e. The average molecular weight is 275 g/mol. The first-order valence-electron chi connectivity index (χ1n) is 7.83. The zero-order valence-corrected chi connectivity index (χ0v) is 13.6. The van der Waals surface area contributed by atoms with Crippen molar-refractivity contribution in [3.05, 3.63) is 29.6 Å². The fraction of sp³-hybridized carbons (Fsp3) is 0.706. The molecular formula is C17H29N3. The molecule has 1 saturated heterocycles. The molecular weight excluding hydrogens is 246 g/mol. The maximum atomic E-state index is 4.34. The minimum absolute atomic E-state index is 0.245. The van der Waals surface area contributed by atoms with Gasteiger partial charge >= 0.3 is 0 Å². The van der Waals surface area contributed by atoms with E-state index in [-0.39, 0.29) is 5.54 Å². The predicted molar refractivity (Wildman–Crippen MR) is 84.7 cm³/mol. The quantitative estimate of drug-likeness (QED) is 0.915. The van der Waals surface area contributed by atoms with E-state index in [0.29, 0.717) is 12.0 Å². The number of hydrogen-bond donors (Lipinski definition) is 1. The Morgan fingerprint density at radius 2 is 2.20 bits per heavy atom. The molecule has 1 aliphatic rings. The average Bonchev–Trinajstić information content (AvgIpc) is 2.41. The number of aryl methyl sites for hydroxylation is 1. The lowest BCUT2D eigenvalue weighted by Crippen LogP contribution is -2.63. The first-order valence-corrected chi connectivity index (χ1v) is 7.83. The van der Waals surface area contributed by atoms with Gasteiger partial charge in [-0.1, -0.05) is 26.8 Å². The highest BCUT2D eigenvalue weighted by atomic mass is 15.3. The van der Waals surface area contributed by atoms with Crippen LogP contribution in [-0.2, 0) is 6.54 Å². The standard InChI is InChI=1S/C17H29N3/c1-6-17(5)12-19-16(13(2)3)11-20(17)10-15-7-14(4)8-18-9-15/h7-9,13,16,19H,6,10-12H2,1-5H3. The summed E-state index contributed by atoms with van der Waals surface area (Å²) in [4.78, 5) is 6.98. The molecule has 2 rings (SSSR count). The lowest BCUT2D eigenvalue weighted by atomic mass is 9.89. The summed E-state index contributed by atoms with van der Waals surface area (Å²) in [7, 11) is 0. The van der Waals surface area contributed by atoms with Crippen LogP contribution in [0.1, 0.15) is 45.2 Å². The highest BCUT2D eigenvalue weighted by Crippen LogP contribution is 2.26. The third-order valence-corrected chi connectivity index (χ3v) is 4.80. The van der Waals surface area contributed by atoms with E-state index in [1.54, 1.807) is 0 Å². The molecule has 3 nitrogen and oxygen atoms in total. The molecule has 0 aromatic carbocycles. The summed E-state index contributed by atoms with van der Waals surface area (Å²) in [6.45, 7) is 14.6. The zero-order valence-electron chi connectivity index (χ0n) is 13.6. The van der Waals surface area contributed by atoms with Crippen molar-refractivity contribution in [3.63, 3.8) is 0 Å². The molecule has 0 bridgehead atoms. The largest absolute Gasteiger partial charge is 0.311 e. The fourth-order valence-corrected chi connectivity index (χ4v) is 2.96. The second kappa shape index (κ2) is 6.23. The molecule has 0 radical (unpaired) electrons. The maximum absolute atomic E-state index is 4.34. The molecule has 3 heteroatoms. The Bertz CT molecular complexity index is 444. The van der Waals surface area contributed by atoms with Crippen molar-refractivity contribution in [1.82, 2.24) is 15.2 Å². The Morgan fingerprint density at radius 1 is 1.45 bits per heavy atom. The van der Waals surface area contributed by atoms with E-state index in [2.05, 4.69) is 55.9 Å². The molecule has 0 aliphatic carbocycles. The van der Waals surface area contributed by atoms with Crippen LogP contribution in [0, 0.1) is 12.8 Å². The molecule has 0 amide bonds. The van der Waals surface area contributed by atoms with Gasteiger partial charge in [0.25, 0.3) is 0 Å². The van der Waals surface area contributed by atoms with E-state index in [0.717, 1.165) is 19.6 Å². The Labute approximate surface area is 123 Å². The van der Waals surface area contributed by atoms with Gasteiger partial charge in [0.2, 0.25) is 0 Å². The van der Waals surface area contributed by atoms with Crippen LogP contribution in [0.3, 0.4) is 0 Å². The fourth-order valence-electron chi connectivity index (χ4n) is 2.96. The lowest BCUT2D eigenvalue weighted by Gasteiger charge is -2.49. The summed E-state index contributed by atoms with van der Waals surface area (Å²) >= 11 is 0. The molecule has 2 heterocycles. The highest BCUT2D eigenvalue weighted by Gasteiger charge is 2.37. The Kier molecular flexibility index (Phi) is 4.82. The minimum Gasteiger partial charge on any atom is -0.311 e. The number of aromatic nitrogens is 1. The zero-order chi connectivity index (χ0) is 14.8. The third-order valence-electron chi connectivity index (χ3n) is 4.80. The number of rotatable bonds is 4. The molecule has 1 aromatic heterocycles. The van der Waals surface area contributed by atoms with Crippen LogP contribution in [0.5, 0.6) is 0 Å². The van der Waals surface area contributed by atoms with Gasteiger partial charge in [-0.15, -0.1) is 0 Å². The Hall–Kier alpha value is -0.930. The first-order chi connectivity index (χ1) is 9.44. The molecule has 0 spiro atoms. The van der Waals surface area contributed by atoms with E-state index in [9.17, 15) is 0 Å². The van der Waals surface area contributed by atoms with Crippen LogP contribution in [0.15, 0.2) is 18.5 Å². The van der Waals surface area contributed by atoms with Crippen LogP contribution in [0.25, 0.3) is 0 Å². The smallest absolute Gasteiger partial charge is 0.0313 e. The third kappa shape index (κ3) is 3.39. The molecule has 1 aliphatic heterocycles. The molecule has 20 heavy (non-hydrogen) atoms. The summed E-state index contributed by atoms with van der Waals surface area (Å²) in [5.74, 6) is 0.676. The SMILES string of the molecule is CCC1(C)CNC(C(C)C)CN1Cc1cncc(C)c1. The molecule has 2 unspecified atom stereocenters. The van der Waals surface area contributed by atoms with Crippen molar-refractivity contribution in [2.75, 3.05) is 13.1 Å². The number of nitrogens with zero attached hydrogens (tertiary/aromatic N) is 2.